The van der Waals surface area contributed by atoms with Crippen LogP contribution < -0.4 is 10.1 Å². The van der Waals surface area contributed by atoms with Crippen LogP contribution in [-0.2, 0) is 19.4 Å². The topological polar surface area (TPSA) is 46.5 Å². The van der Waals surface area contributed by atoms with Gasteiger partial charge in [0.05, 0.1) is 24.9 Å². The molecule has 1 aliphatic heterocycles. The number of benzene rings is 2. The Morgan fingerprint density at radius 3 is 2.76 bits per heavy atom. The van der Waals surface area contributed by atoms with Crippen molar-refractivity contribution in [3.63, 3.8) is 0 Å². The fraction of sp³-hybridized carbons (Fsp3) is 0.323. The predicted octanol–water partition coefficient (Wildman–Crippen LogP) is 7.57. The first-order valence-electron chi connectivity index (χ1n) is 13.2. The summed E-state index contributed by atoms with van der Waals surface area (Å²) in [5, 5.41) is 4.53. The highest BCUT2D eigenvalue weighted by molar-refractivity contribution is 7.15. The molecule has 6 rings (SSSR count). The van der Waals surface area contributed by atoms with Crippen LogP contribution in [0.4, 0.5) is 10.5 Å². The van der Waals surface area contributed by atoms with E-state index in [0.717, 1.165) is 46.7 Å². The fourth-order valence-electron chi connectivity index (χ4n) is 5.75. The van der Waals surface area contributed by atoms with Crippen molar-refractivity contribution in [3.05, 3.63) is 99.2 Å². The second kappa shape index (κ2) is 9.75. The van der Waals surface area contributed by atoms with E-state index in [0.29, 0.717) is 13.2 Å². The van der Waals surface area contributed by atoms with E-state index in [1.165, 1.54) is 33.8 Å². The monoisotopic (exact) mass is 511 g/mol. The van der Waals surface area contributed by atoms with Gasteiger partial charge >= 0.3 is 6.03 Å². The van der Waals surface area contributed by atoms with Crippen molar-refractivity contribution in [2.75, 3.05) is 11.9 Å². The van der Waals surface area contributed by atoms with E-state index in [1.54, 1.807) is 0 Å². The van der Waals surface area contributed by atoms with Crippen LogP contribution in [0, 0.1) is 13.8 Å². The summed E-state index contributed by atoms with van der Waals surface area (Å²) in [4.78, 5) is 17.7. The number of rotatable bonds is 4. The van der Waals surface area contributed by atoms with Crippen molar-refractivity contribution in [1.82, 2.24) is 9.47 Å². The molecular weight excluding hydrogens is 478 g/mol. The number of aromatic nitrogens is 1. The zero-order valence-corrected chi connectivity index (χ0v) is 22.5. The number of carbonyl (C=O) groups is 1. The number of urea groups is 1. The molecule has 6 heteroatoms. The molecule has 0 unspecified atom stereocenters. The van der Waals surface area contributed by atoms with Crippen LogP contribution >= 0.6 is 11.3 Å². The average Bonchev–Trinajstić information content (AvgIpc) is 3.49. The molecule has 1 atom stereocenters. The van der Waals surface area contributed by atoms with E-state index in [9.17, 15) is 4.79 Å². The highest BCUT2D eigenvalue weighted by atomic mass is 32.1. The molecule has 0 fully saturated rings. The lowest BCUT2D eigenvalue weighted by Gasteiger charge is -2.32. The molecule has 4 aromatic rings. The van der Waals surface area contributed by atoms with Gasteiger partial charge < -0.3 is 19.5 Å². The van der Waals surface area contributed by atoms with Crippen LogP contribution in [0.25, 0.3) is 5.00 Å². The summed E-state index contributed by atoms with van der Waals surface area (Å²) in [5.41, 5.74) is 8.03. The Kier molecular flexibility index (Phi) is 6.29. The predicted molar refractivity (Wildman–Crippen MR) is 150 cm³/mol. The van der Waals surface area contributed by atoms with E-state index >= 15 is 0 Å². The van der Waals surface area contributed by atoms with Crippen molar-refractivity contribution in [2.24, 2.45) is 0 Å². The number of nitrogens with one attached hydrogen (secondary N) is 1. The molecule has 2 aromatic heterocycles. The minimum absolute atomic E-state index is 0.0862. The lowest BCUT2D eigenvalue weighted by Crippen LogP contribution is -2.38. The largest absolute Gasteiger partial charge is 0.494 e. The number of ether oxygens (including phenoxy) is 1. The van der Waals surface area contributed by atoms with Crippen LogP contribution in [0.15, 0.2) is 60.8 Å². The first kappa shape index (κ1) is 23.9. The van der Waals surface area contributed by atoms with Gasteiger partial charge in [0.2, 0.25) is 0 Å². The number of hydrogen-bond acceptors (Lipinski definition) is 3. The van der Waals surface area contributed by atoms with Crippen molar-refractivity contribution < 1.29 is 9.53 Å². The zero-order valence-electron chi connectivity index (χ0n) is 21.7. The molecule has 5 nitrogen and oxygen atoms in total. The molecule has 0 bridgehead atoms. The van der Waals surface area contributed by atoms with Crippen LogP contribution in [-0.4, -0.2) is 22.1 Å². The highest BCUT2D eigenvalue weighted by Crippen LogP contribution is 2.44. The Hall–Kier alpha value is -3.51. The van der Waals surface area contributed by atoms with Gasteiger partial charge in [-0.15, -0.1) is 11.3 Å². The van der Waals surface area contributed by atoms with Crippen molar-refractivity contribution >= 4 is 23.1 Å². The van der Waals surface area contributed by atoms with Gasteiger partial charge in [0.25, 0.3) is 0 Å². The molecule has 0 saturated carbocycles. The van der Waals surface area contributed by atoms with Crippen LogP contribution in [0.5, 0.6) is 5.75 Å². The zero-order chi connectivity index (χ0) is 25.5. The van der Waals surface area contributed by atoms with Gasteiger partial charge in [-0.3, -0.25) is 0 Å². The third-order valence-electron chi connectivity index (χ3n) is 7.77. The lowest BCUT2D eigenvalue weighted by molar-refractivity contribution is 0.194. The molecule has 2 aliphatic rings. The Balaban J connectivity index is 1.50. The molecule has 2 aromatic carbocycles. The summed E-state index contributed by atoms with van der Waals surface area (Å²) >= 11 is 1.91. The average molecular weight is 512 g/mol. The SMILES string of the molecule is CCOc1cccc([C@@H]2c3cccn3-c3sc4c(c3CN2C(=O)Nc2cccc(C)c2C)CCCC4)c1. The number of nitrogens with zero attached hydrogens (tertiary/aromatic N) is 2. The van der Waals surface area contributed by atoms with Gasteiger partial charge in [-0.05, 0) is 99.0 Å². The summed E-state index contributed by atoms with van der Waals surface area (Å²) in [7, 11) is 0. The quantitative estimate of drug-likeness (QED) is 0.307. The maximum atomic E-state index is 14.2. The van der Waals surface area contributed by atoms with Gasteiger partial charge in [-0.1, -0.05) is 24.3 Å². The van der Waals surface area contributed by atoms with Crippen LogP contribution in [0.3, 0.4) is 0 Å². The Morgan fingerprint density at radius 2 is 1.89 bits per heavy atom. The second-order valence-corrected chi connectivity index (χ2v) is 11.1. The minimum atomic E-state index is -0.251. The number of thiophene rings is 1. The molecule has 3 heterocycles. The molecular formula is C31H33N3O2S. The third kappa shape index (κ3) is 4.23. The first-order valence-corrected chi connectivity index (χ1v) is 14.0. The van der Waals surface area contributed by atoms with Crippen molar-refractivity contribution in [1.29, 1.82) is 0 Å². The van der Waals surface area contributed by atoms with E-state index in [-0.39, 0.29) is 12.1 Å². The summed E-state index contributed by atoms with van der Waals surface area (Å²) in [6.07, 6.45) is 6.84. The summed E-state index contributed by atoms with van der Waals surface area (Å²) in [6.45, 7) is 7.31. The van der Waals surface area contributed by atoms with Gasteiger partial charge in [0.15, 0.2) is 0 Å². The van der Waals surface area contributed by atoms with E-state index in [4.69, 9.17) is 4.74 Å². The molecule has 1 aliphatic carbocycles. The second-order valence-electron chi connectivity index (χ2n) is 10.0. The molecule has 190 valence electrons. The van der Waals surface area contributed by atoms with E-state index in [2.05, 4.69) is 60.3 Å². The number of amides is 2. The smallest absolute Gasteiger partial charge is 0.322 e. The normalized spacial score (nSPS) is 16.4. The van der Waals surface area contributed by atoms with Gasteiger partial charge in [-0.2, -0.15) is 0 Å². The summed E-state index contributed by atoms with van der Waals surface area (Å²) < 4.78 is 8.18. The van der Waals surface area contributed by atoms with Crippen LogP contribution in [0.2, 0.25) is 0 Å². The number of aryl methyl sites for hydroxylation is 2. The van der Waals surface area contributed by atoms with E-state index < -0.39 is 0 Å². The standard InChI is InChI=1S/C31H33N3O2S/c1-4-36-23-12-8-11-22(18-23)29-27-15-9-17-33(27)30-25(24-13-5-6-16-28(24)37-30)19-34(29)31(35)32-26-14-7-10-20(2)21(26)3/h7-12,14-15,17-18,29H,4-6,13,16,19H2,1-3H3,(H,32,35)/t29-/m1/s1. The summed E-state index contributed by atoms with van der Waals surface area (Å²) in [5.74, 6) is 0.824. The van der Waals surface area contributed by atoms with Crippen LogP contribution in [0.1, 0.15) is 64.2 Å². The number of anilines is 1. The third-order valence-corrected chi connectivity index (χ3v) is 9.10. The Morgan fingerprint density at radius 1 is 1.05 bits per heavy atom. The van der Waals surface area contributed by atoms with Gasteiger partial charge in [0, 0.05) is 22.3 Å². The lowest BCUT2D eigenvalue weighted by atomic mass is 9.95. The molecule has 37 heavy (non-hydrogen) atoms. The minimum Gasteiger partial charge on any atom is -0.494 e. The Bertz CT molecular complexity index is 1470. The van der Waals surface area contributed by atoms with Gasteiger partial charge in [-0.25, -0.2) is 4.79 Å². The molecule has 0 spiro atoms. The fourth-order valence-corrected chi connectivity index (χ4v) is 7.16. The molecule has 2 amide bonds. The summed E-state index contributed by atoms with van der Waals surface area (Å²) in [6, 6.07) is 18.2. The number of carbonyl (C=O) groups excluding carboxylic acids is 1. The maximum Gasteiger partial charge on any atom is 0.322 e. The van der Waals surface area contributed by atoms with Crippen molar-refractivity contribution in [3.8, 4) is 10.8 Å². The van der Waals surface area contributed by atoms with E-state index in [1.807, 2.05) is 47.4 Å². The molecule has 1 N–H and O–H groups in total. The Labute approximate surface area is 222 Å². The molecule has 0 saturated heterocycles. The maximum absolute atomic E-state index is 14.2. The molecule has 0 radical (unpaired) electrons. The highest BCUT2D eigenvalue weighted by Gasteiger charge is 2.36. The van der Waals surface area contributed by atoms with Crippen molar-refractivity contribution in [2.45, 2.75) is 59.0 Å². The number of hydrogen-bond donors (Lipinski definition) is 1. The first-order chi connectivity index (χ1) is 18.0. The van der Waals surface area contributed by atoms with Gasteiger partial charge in [0.1, 0.15) is 10.8 Å². The number of fused-ring (bicyclic) bond motifs is 5.